The number of carbonyl (C=O) groups excluding carboxylic acids is 1. The molecule has 4 aromatic rings. The number of thiazole rings is 1. The first-order valence-electron chi connectivity index (χ1n) is 9.45. The van der Waals surface area contributed by atoms with E-state index in [9.17, 15) is 4.79 Å². The average Bonchev–Trinajstić information content (AvgIpc) is 3.48. The van der Waals surface area contributed by atoms with Gasteiger partial charge in [-0.3, -0.25) is 4.79 Å². The highest BCUT2D eigenvalue weighted by Crippen LogP contribution is 2.30. The van der Waals surface area contributed by atoms with Crippen molar-refractivity contribution in [3.63, 3.8) is 0 Å². The van der Waals surface area contributed by atoms with E-state index in [2.05, 4.69) is 43.3 Å². The summed E-state index contributed by atoms with van der Waals surface area (Å²) in [6.45, 7) is 1.85. The fourth-order valence-corrected chi connectivity index (χ4v) is 4.67. The first-order valence-corrected chi connectivity index (χ1v) is 11.3. The summed E-state index contributed by atoms with van der Waals surface area (Å²) in [5.41, 5.74) is 2.56. The highest BCUT2D eigenvalue weighted by atomic mass is 32.2. The molecular weight excluding hydrogens is 420 g/mol. The smallest absolute Gasteiger partial charge is 0.270 e. The second kappa shape index (κ2) is 9.41. The Hall–Kier alpha value is -2.69. The van der Waals surface area contributed by atoms with Crippen molar-refractivity contribution >= 4 is 39.9 Å². The Morgan fingerprint density at radius 3 is 3.00 bits per heavy atom. The van der Waals surface area contributed by atoms with Crippen LogP contribution in [0.5, 0.6) is 0 Å². The van der Waals surface area contributed by atoms with E-state index in [0.29, 0.717) is 24.6 Å². The third-order valence-electron chi connectivity index (χ3n) is 4.57. The van der Waals surface area contributed by atoms with Gasteiger partial charge < -0.3 is 19.2 Å². The maximum atomic E-state index is 12.5. The van der Waals surface area contributed by atoms with Crippen molar-refractivity contribution in [2.75, 3.05) is 26.0 Å². The number of nitrogens with one attached hydrogen (secondary N) is 1. The van der Waals surface area contributed by atoms with E-state index < -0.39 is 0 Å². The summed E-state index contributed by atoms with van der Waals surface area (Å²) in [5, 5.41) is 15.4. The number of ether oxygens (including phenoxy) is 1. The van der Waals surface area contributed by atoms with Crippen molar-refractivity contribution in [2.24, 2.45) is 7.05 Å². The Kier molecular flexibility index (Phi) is 6.46. The van der Waals surface area contributed by atoms with Gasteiger partial charge in [0.2, 0.25) is 0 Å². The number of thioether (sulfide) groups is 1. The maximum Gasteiger partial charge on any atom is 0.270 e. The number of aromatic nitrogens is 5. The van der Waals surface area contributed by atoms with Gasteiger partial charge >= 0.3 is 0 Å². The minimum Gasteiger partial charge on any atom is -0.383 e. The molecule has 3 heterocycles. The lowest BCUT2D eigenvalue weighted by atomic mass is 10.2. The summed E-state index contributed by atoms with van der Waals surface area (Å²) >= 11 is 3.02. The van der Waals surface area contributed by atoms with Gasteiger partial charge in [0, 0.05) is 49.3 Å². The molecule has 0 unspecified atom stereocenters. The molecule has 8 nitrogen and oxygen atoms in total. The number of methoxy groups -OCH3 is 1. The Morgan fingerprint density at radius 1 is 1.33 bits per heavy atom. The number of amides is 1. The third kappa shape index (κ3) is 4.40. The number of hydrogen-bond donors (Lipinski definition) is 1. The Labute approximate surface area is 182 Å². The highest BCUT2D eigenvalue weighted by molar-refractivity contribution is 7.99. The second-order valence-electron chi connectivity index (χ2n) is 6.60. The van der Waals surface area contributed by atoms with Crippen molar-refractivity contribution in [3.8, 4) is 10.7 Å². The van der Waals surface area contributed by atoms with Crippen LogP contribution >= 0.6 is 23.1 Å². The molecule has 156 valence electrons. The molecular formula is C20H22N6O2S2. The van der Waals surface area contributed by atoms with Crippen molar-refractivity contribution in [3.05, 3.63) is 47.7 Å². The predicted molar refractivity (Wildman–Crippen MR) is 119 cm³/mol. The maximum absolute atomic E-state index is 12.5. The second-order valence-corrected chi connectivity index (χ2v) is 8.52. The molecule has 1 N–H and O–H groups in total. The quantitative estimate of drug-likeness (QED) is 0.317. The summed E-state index contributed by atoms with van der Waals surface area (Å²) in [5.74, 6) is 0.538. The number of aryl methyl sites for hydroxylation is 1. The van der Waals surface area contributed by atoms with Gasteiger partial charge in [0.05, 0.1) is 12.3 Å². The molecule has 0 saturated carbocycles. The normalized spacial score (nSPS) is 11.3. The van der Waals surface area contributed by atoms with Crippen LogP contribution in [0.1, 0.15) is 10.5 Å². The van der Waals surface area contributed by atoms with Crippen LogP contribution in [0.3, 0.4) is 0 Å². The molecule has 0 aliphatic heterocycles. The fraction of sp³-hybridized carbons (Fsp3) is 0.300. The van der Waals surface area contributed by atoms with Gasteiger partial charge in [-0.15, -0.1) is 21.5 Å². The molecule has 1 amide bonds. The highest BCUT2D eigenvalue weighted by Gasteiger charge is 2.16. The first-order chi connectivity index (χ1) is 14.7. The van der Waals surface area contributed by atoms with Gasteiger partial charge in [-0.05, 0) is 12.1 Å². The Bertz CT molecular complexity index is 1150. The largest absolute Gasteiger partial charge is 0.383 e. The van der Waals surface area contributed by atoms with E-state index in [1.165, 1.54) is 11.3 Å². The zero-order valence-electron chi connectivity index (χ0n) is 16.7. The van der Waals surface area contributed by atoms with Crippen LogP contribution in [0.2, 0.25) is 0 Å². The minimum absolute atomic E-state index is 0.171. The first kappa shape index (κ1) is 20.6. The van der Waals surface area contributed by atoms with Gasteiger partial charge in [-0.2, -0.15) is 0 Å². The number of carbonyl (C=O) groups is 1. The summed E-state index contributed by atoms with van der Waals surface area (Å²) in [6.07, 6.45) is 1.66. The van der Waals surface area contributed by atoms with Crippen LogP contribution in [0.15, 0.2) is 47.2 Å². The topological polar surface area (TPSA) is 86.9 Å². The van der Waals surface area contributed by atoms with Crippen molar-refractivity contribution < 1.29 is 9.53 Å². The molecule has 0 fully saturated rings. The number of nitrogens with zero attached hydrogens (tertiary/aromatic N) is 5. The zero-order valence-corrected chi connectivity index (χ0v) is 18.4. The molecule has 4 rings (SSSR count). The SMILES string of the molecule is COCCn1c(-c2nc(C(=O)NCCSc3nncn3C)cs2)cc2ccccc21. The molecule has 0 spiro atoms. The lowest BCUT2D eigenvalue weighted by Gasteiger charge is -2.08. The van der Waals surface area contributed by atoms with Crippen molar-refractivity contribution in [2.45, 2.75) is 11.7 Å². The van der Waals surface area contributed by atoms with Crippen molar-refractivity contribution in [1.29, 1.82) is 0 Å². The lowest BCUT2D eigenvalue weighted by Crippen LogP contribution is -2.26. The van der Waals surface area contributed by atoms with Gasteiger partial charge in [0.25, 0.3) is 5.91 Å². The minimum atomic E-state index is -0.171. The van der Waals surface area contributed by atoms with Crippen molar-refractivity contribution in [1.82, 2.24) is 29.6 Å². The zero-order chi connectivity index (χ0) is 20.9. The number of para-hydroxylation sites is 1. The monoisotopic (exact) mass is 442 g/mol. The van der Waals surface area contributed by atoms with Crippen LogP contribution in [0, 0.1) is 0 Å². The van der Waals surface area contributed by atoms with Gasteiger partial charge in [-0.1, -0.05) is 30.0 Å². The summed E-state index contributed by atoms with van der Waals surface area (Å²) < 4.78 is 9.31. The molecule has 0 atom stereocenters. The number of fused-ring (bicyclic) bond motifs is 1. The standard InChI is InChI=1S/C20H22N6O2S2/c1-25-13-22-24-20(25)29-10-7-21-18(27)15-12-30-19(23-15)17-11-14-5-3-4-6-16(14)26(17)8-9-28-2/h3-6,11-13H,7-10H2,1-2H3,(H,21,27). The summed E-state index contributed by atoms with van der Waals surface area (Å²) in [6, 6.07) is 10.3. The third-order valence-corrected chi connectivity index (χ3v) is 6.48. The molecule has 3 aromatic heterocycles. The van der Waals surface area contributed by atoms with Crippen LogP contribution < -0.4 is 5.32 Å². The summed E-state index contributed by atoms with van der Waals surface area (Å²) in [4.78, 5) is 17.1. The number of hydrogen-bond acceptors (Lipinski definition) is 7. The van der Waals surface area contributed by atoms with Crippen LogP contribution in [0.25, 0.3) is 21.6 Å². The number of rotatable bonds is 9. The molecule has 0 saturated heterocycles. The molecule has 30 heavy (non-hydrogen) atoms. The Balaban J connectivity index is 1.44. The molecule has 1 aromatic carbocycles. The van der Waals surface area contributed by atoms with Gasteiger partial charge in [-0.25, -0.2) is 4.98 Å². The van der Waals surface area contributed by atoms with E-state index in [1.54, 1.807) is 30.6 Å². The Morgan fingerprint density at radius 2 is 2.20 bits per heavy atom. The van der Waals surface area contributed by atoms with E-state index in [4.69, 9.17) is 4.74 Å². The molecule has 0 radical (unpaired) electrons. The van der Waals surface area contributed by atoms with Gasteiger partial charge in [0.1, 0.15) is 17.0 Å². The van der Waals surface area contributed by atoms with E-state index >= 15 is 0 Å². The average molecular weight is 443 g/mol. The molecule has 10 heteroatoms. The molecule has 0 aliphatic carbocycles. The van der Waals surface area contributed by atoms with E-state index in [1.807, 2.05) is 23.7 Å². The predicted octanol–water partition coefficient (Wildman–Crippen LogP) is 3.06. The number of benzene rings is 1. The van der Waals surface area contributed by atoms with Crippen LogP contribution in [-0.4, -0.2) is 56.2 Å². The summed E-state index contributed by atoms with van der Waals surface area (Å²) in [7, 11) is 3.59. The van der Waals surface area contributed by atoms with E-state index in [-0.39, 0.29) is 5.91 Å². The fourth-order valence-electron chi connectivity index (χ4n) is 3.11. The molecule has 0 bridgehead atoms. The van der Waals surface area contributed by atoms with Crippen LogP contribution in [-0.2, 0) is 18.3 Å². The van der Waals surface area contributed by atoms with Crippen LogP contribution in [0.4, 0.5) is 0 Å². The lowest BCUT2D eigenvalue weighted by molar-refractivity contribution is 0.0952. The van der Waals surface area contributed by atoms with Gasteiger partial charge in [0.15, 0.2) is 5.16 Å². The molecule has 0 aliphatic rings. The van der Waals surface area contributed by atoms with E-state index in [0.717, 1.165) is 33.3 Å².